The van der Waals surface area contributed by atoms with Crippen molar-refractivity contribution in [2.45, 2.75) is 37.8 Å². The van der Waals surface area contributed by atoms with Crippen LogP contribution in [0.2, 0.25) is 5.02 Å². The summed E-state index contributed by atoms with van der Waals surface area (Å²) in [5.41, 5.74) is 0.204. The van der Waals surface area contributed by atoms with Crippen molar-refractivity contribution < 1.29 is 32.2 Å². The summed E-state index contributed by atoms with van der Waals surface area (Å²) in [5.74, 6) is 0.264. The Morgan fingerprint density at radius 1 is 1.13 bits per heavy atom. The number of halogens is 4. The first-order chi connectivity index (χ1) is 18.3. The molecule has 5 rings (SSSR count). The highest BCUT2D eigenvalue weighted by Gasteiger charge is 2.35. The van der Waals surface area contributed by atoms with Crippen LogP contribution in [-0.4, -0.2) is 43.0 Å². The molecule has 38 heavy (non-hydrogen) atoms. The van der Waals surface area contributed by atoms with Gasteiger partial charge in [-0.25, -0.2) is 4.98 Å². The number of hydrogen-bond acceptors (Lipinski definition) is 6. The Morgan fingerprint density at radius 3 is 2.66 bits per heavy atom. The zero-order valence-corrected chi connectivity index (χ0v) is 21.0. The molecule has 1 fully saturated rings. The van der Waals surface area contributed by atoms with Gasteiger partial charge < -0.3 is 24.4 Å². The lowest BCUT2D eigenvalue weighted by Gasteiger charge is -2.39. The number of ether oxygens (including phenoxy) is 3. The fourth-order valence-electron chi connectivity index (χ4n) is 4.46. The molecule has 2 aromatic carbocycles. The number of pyridine rings is 1. The topological polar surface area (TPSA) is 72.9 Å². The Kier molecular flexibility index (Phi) is 7.73. The predicted molar refractivity (Wildman–Crippen MR) is 136 cm³/mol. The van der Waals surface area contributed by atoms with Crippen LogP contribution in [-0.2, 0) is 15.7 Å². The number of para-hydroxylation sites is 1. The summed E-state index contributed by atoms with van der Waals surface area (Å²) in [6, 6.07) is 12.5. The van der Waals surface area contributed by atoms with Crippen LogP contribution in [0.25, 0.3) is 0 Å². The molecular formula is C27H25ClF3N3O4. The molecule has 200 valence electrons. The lowest BCUT2D eigenvalue weighted by atomic mass is 10.1. The maximum atomic E-state index is 13.2. The molecule has 1 amide bonds. The van der Waals surface area contributed by atoms with Crippen molar-refractivity contribution in [2.24, 2.45) is 0 Å². The number of nitrogens with zero attached hydrogens (tertiary/aromatic N) is 2. The number of rotatable bonds is 6. The molecule has 0 aliphatic carbocycles. The molecule has 3 heterocycles. The molecule has 2 aliphatic rings. The largest absolute Gasteiger partial charge is 0.488 e. The van der Waals surface area contributed by atoms with E-state index in [2.05, 4.69) is 10.3 Å². The van der Waals surface area contributed by atoms with Crippen LogP contribution < -0.4 is 15.0 Å². The number of aromatic nitrogens is 1. The third kappa shape index (κ3) is 5.72. The minimum atomic E-state index is -4.46. The molecule has 2 atom stereocenters. The van der Waals surface area contributed by atoms with E-state index in [4.69, 9.17) is 25.8 Å². The highest BCUT2D eigenvalue weighted by molar-refractivity contribution is 6.33. The molecule has 0 bridgehead atoms. The number of hydrogen-bond donors (Lipinski definition) is 1. The Morgan fingerprint density at radius 2 is 1.95 bits per heavy atom. The molecular weight excluding hydrogens is 523 g/mol. The molecule has 0 spiro atoms. The maximum Gasteiger partial charge on any atom is 0.416 e. The van der Waals surface area contributed by atoms with Gasteiger partial charge in [0.2, 0.25) is 0 Å². The third-order valence-electron chi connectivity index (χ3n) is 6.33. The van der Waals surface area contributed by atoms with Crippen LogP contribution in [0.5, 0.6) is 5.75 Å². The number of alkyl halides is 3. The van der Waals surface area contributed by atoms with E-state index in [0.29, 0.717) is 28.9 Å². The average molecular weight is 548 g/mol. The summed E-state index contributed by atoms with van der Waals surface area (Å²) in [6.45, 7) is 1.11. The minimum Gasteiger partial charge on any atom is -0.488 e. The minimum absolute atomic E-state index is 0.178. The first kappa shape index (κ1) is 26.3. The number of fused-ring (bicyclic) bond motifs is 1. The molecule has 1 aromatic heterocycles. The highest BCUT2D eigenvalue weighted by Crippen LogP contribution is 2.43. The predicted octanol–water partition coefficient (Wildman–Crippen LogP) is 6.45. The van der Waals surface area contributed by atoms with Gasteiger partial charge in [-0.1, -0.05) is 17.7 Å². The van der Waals surface area contributed by atoms with Crippen molar-refractivity contribution in [3.8, 4) is 5.75 Å². The van der Waals surface area contributed by atoms with E-state index in [0.717, 1.165) is 31.4 Å². The Bertz CT molecular complexity index is 1280. The average Bonchev–Trinajstić information content (AvgIpc) is 2.92. The number of anilines is 3. The number of amides is 1. The fraction of sp³-hybridized carbons (Fsp3) is 0.333. The highest BCUT2D eigenvalue weighted by atomic mass is 35.5. The molecule has 1 N–H and O–H groups in total. The van der Waals surface area contributed by atoms with Crippen molar-refractivity contribution in [3.05, 3.63) is 76.9 Å². The van der Waals surface area contributed by atoms with Gasteiger partial charge in [-0.05, 0) is 67.8 Å². The zero-order chi connectivity index (χ0) is 26.7. The van der Waals surface area contributed by atoms with Gasteiger partial charge in [0, 0.05) is 18.5 Å². The van der Waals surface area contributed by atoms with E-state index in [1.165, 1.54) is 12.1 Å². The van der Waals surface area contributed by atoms with Gasteiger partial charge in [0.15, 0.2) is 17.9 Å². The summed E-state index contributed by atoms with van der Waals surface area (Å²) in [4.78, 5) is 19.5. The van der Waals surface area contributed by atoms with Gasteiger partial charge in [0.05, 0.1) is 34.5 Å². The van der Waals surface area contributed by atoms with Crippen LogP contribution in [0.15, 0.2) is 60.8 Å². The van der Waals surface area contributed by atoms with E-state index in [1.807, 2.05) is 4.90 Å². The Balaban J connectivity index is 1.42. The van der Waals surface area contributed by atoms with Crippen molar-refractivity contribution in [3.63, 3.8) is 0 Å². The molecule has 7 nitrogen and oxygen atoms in total. The summed E-state index contributed by atoms with van der Waals surface area (Å²) < 4.78 is 56.5. The SMILES string of the molecule is O=C(Nc1ccc(C(F)(F)F)cc1)c1cccc2c1OC[C@H](COC1CCCCO1)N2c1ncccc1Cl. The Hall–Kier alpha value is -3.34. The maximum absolute atomic E-state index is 13.2. The third-order valence-corrected chi connectivity index (χ3v) is 6.63. The van der Waals surface area contributed by atoms with Crippen LogP contribution in [0.4, 0.5) is 30.4 Å². The lowest BCUT2D eigenvalue weighted by Crippen LogP contribution is -2.45. The standard InChI is InChI=1S/C27H25ClF3N3O4/c28-21-6-4-13-32-25(21)34-19(15-37-23-8-1-2-14-36-23)16-38-24-20(5-3-7-22(24)34)26(35)33-18-11-9-17(10-12-18)27(29,30)31/h3-7,9-13,19,23H,1-2,8,14-16H2,(H,33,35)/t19-,23?/m0/s1. The lowest BCUT2D eigenvalue weighted by molar-refractivity contribution is -0.165. The van der Waals surface area contributed by atoms with Crippen molar-refractivity contribution in [1.29, 1.82) is 0 Å². The second-order valence-corrected chi connectivity index (χ2v) is 9.36. The summed E-state index contributed by atoms with van der Waals surface area (Å²) in [5, 5.41) is 3.06. The van der Waals surface area contributed by atoms with Crippen LogP contribution >= 0.6 is 11.6 Å². The van der Waals surface area contributed by atoms with E-state index < -0.39 is 17.6 Å². The monoisotopic (exact) mass is 547 g/mol. The number of carbonyl (C=O) groups is 1. The van der Waals surface area contributed by atoms with Crippen LogP contribution in [0.1, 0.15) is 35.2 Å². The number of nitrogens with one attached hydrogen (secondary N) is 1. The van der Waals surface area contributed by atoms with Crippen molar-refractivity contribution >= 4 is 34.7 Å². The molecule has 11 heteroatoms. The smallest absolute Gasteiger partial charge is 0.416 e. The zero-order valence-electron chi connectivity index (χ0n) is 20.2. The van der Waals surface area contributed by atoms with E-state index in [-0.39, 0.29) is 36.8 Å². The molecule has 0 saturated carbocycles. The van der Waals surface area contributed by atoms with Gasteiger partial charge in [0.1, 0.15) is 6.61 Å². The van der Waals surface area contributed by atoms with Crippen molar-refractivity contribution in [1.82, 2.24) is 4.98 Å². The van der Waals surface area contributed by atoms with E-state index >= 15 is 0 Å². The van der Waals surface area contributed by atoms with Gasteiger partial charge >= 0.3 is 6.18 Å². The van der Waals surface area contributed by atoms with Crippen LogP contribution in [0, 0.1) is 0 Å². The van der Waals surface area contributed by atoms with Crippen molar-refractivity contribution in [2.75, 3.05) is 30.0 Å². The second-order valence-electron chi connectivity index (χ2n) is 8.96. The fourth-order valence-corrected chi connectivity index (χ4v) is 4.67. The molecule has 1 saturated heterocycles. The van der Waals surface area contributed by atoms with E-state index in [9.17, 15) is 18.0 Å². The van der Waals surface area contributed by atoms with Gasteiger partial charge in [-0.3, -0.25) is 4.79 Å². The van der Waals surface area contributed by atoms with Crippen LogP contribution in [0.3, 0.4) is 0 Å². The number of benzene rings is 2. The quantitative estimate of drug-likeness (QED) is 0.382. The molecule has 2 aliphatic heterocycles. The first-order valence-electron chi connectivity index (χ1n) is 12.2. The summed E-state index contributed by atoms with van der Waals surface area (Å²) >= 11 is 6.52. The molecule has 0 radical (unpaired) electrons. The second kappa shape index (κ2) is 11.2. The summed E-state index contributed by atoms with van der Waals surface area (Å²) in [7, 11) is 0. The van der Waals surface area contributed by atoms with Gasteiger partial charge in [-0.2, -0.15) is 13.2 Å². The normalized spacial score (nSPS) is 19.4. The van der Waals surface area contributed by atoms with E-state index in [1.54, 1.807) is 36.5 Å². The first-order valence-corrected chi connectivity index (χ1v) is 12.6. The Labute approximate surface area is 222 Å². The van der Waals surface area contributed by atoms with Gasteiger partial charge in [0.25, 0.3) is 5.91 Å². The molecule has 1 unspecified atom stereocenters. The van der Waals surface area contributed by atoms with Gasteiger partial charge in [-0.15, -0.1) is 0 Å². The summed E-state index contributed by atoms with van der Waals surface area (Å²) in [6.07, 6.45) is -0.294. The molecule has 3 aromatic rings. The number of carbonyl (C=O) groups excluding carboxylic acids is 1.